The molecule has 0 radical (unpaired) electrons. The number of benzene rings is 1. The molecule has 1 aromatic rings. The van der Waals surface area contributed by atoms with E-state index in [0.717, 1.165) is 38.8 Å². The summed E-state index contributed by atoms with van der Waals surface area (Å²) in [6.07, 6.45) is 4.55. The Morgan fingerprint density at radius 3 is 2.39 bits per heavy atom. The molecule has 0 aliphatic heterocycles. The molecule has 2 rings (SSSR count). The Morgan fingerprint density at radius 1 is 1.11 bits per heavy atom. The van der Waals surface area contributed by atoms with Gasteiger partial charge in [0, 0.05) is 25.2 Å². The van der Waals surface area contributed by atoms with Crippen molar-refractivity contribution in [3.05, 3.63) is 35.9 Å². The second-order valence-corrected chi connectivity index (χ2v) is 5.25. The molecule has 0 atom stereocenters. The third kappa shape index (κ3) is 3.80. The zero-order chi connectivity index (χ0) is 12.8. The summed E-state index contributed by atoms with van der Waals surface area (Å²) >= 11 is 0. The maximum absolute atomic E-state index is 9.23. The second-order valence-electron chi connectivity index (χ2n) is 5.25. The summed E-state index contributed by atoms with van der Waals surface area (Å²) in [4.78, 5) is 2.40. The summed E-state index contributed by atoms with van der Waals surface area (Å²) < 4.78 is 0. The van der Waals surface area contributed by atoms with Crippen molar-refractivity contribution in [2.45, 2.75) is 44.3 Å². The van der Waals surface area contributed by atoms with Crippen molar-refractivity contribution in [2.24, 2.45) is 5.73 Å². The van der Waals surface area contributed by atoms with Gasteiger partial charge < -0.3 is 10.8 Å². The molecule has 0 saturated heterocycles. The zero-order valence-corrected chi connectivity index (χ0v) is 11.0. The number of nitrogens with zero attached hydrogens (tertiary/aromatic N) is 1. The van der Waals surface area contributed by atoms with E-state index in [4.69, 9.17) is 5.73 Å². The van der Waals surface area contributed by atoms with Crippen LogP contribution in [0.2, 0.25) is 0 Å². The Morgan fingerprint density at radius 2 is 1.78 bits per heavy atom. The van der Waals surface area contributed by atoms with Gasteiger partial charge in [0.25, 0.3) is 0 Å². The normalized spacial score (nSPS) is 24.4. The molecule has 100 valence electrons. The topological polar surface area (TPSA) is 49.5 Å². The minimum Gasteiger partial charge on any atom is -0.395 e. The molecule has 3 nitrogen and oxygen atoms in total. The zero-order valence-electron chi connectivity index (χ0n) is 11.0. The molecule has 18 heavy (non-hydrogen) atoms. The minimum absolute atomic E-state index is 0.232. The lowest BCUT2D eigenvalue weighted by Crippen LogP contribution is -2.41. The summed E-state index contributed by atoms with van der Waals surface area (Å²) in [5.74, 6) is 0. The smallest absolute Gasteiger partial charge is 0.0558 e. The quantitative estimate of drug-likeness (QED) is 0.834. The van der Waals surface area contributed by atoms with Crippen LogP contribution in [-0.4, -0.2) is 35.2 Å². The lowest BCUT2D eigenvalue weighted by Gasteiger charge is -2.35. The van der Waals surface area contributed by atoms with E-state index in [0.29, 0.717) is 12.1 Å². The molecular formula is C15H24N2O. The Balaban J connectivity index is 1.95. The number of hydrogen-bond acceptors (Lipinski definition) is 3. The van der Waals surface area contributed by atoms with Crippen LogP contribution in [0.4, 0.5) is 0 Å². The minimum atomic E-state index is 0.232. The van der Waals surface area contributed by atoms with Gasteiger partial charge in [-0.15, -0.1) is 0 Å². The van der Waals surface area contributed by atoms with Crippen LogP contribution in [0.3, 0.4) is 0 Å². The summed E-state index contributed by atoms with van der Waals surface area (Å²) in [7, 11) is 0. The monoisotopic (exact) mass is 248 g/mol. The molecule has 1 aliphatic rings. The average Bonchev–Trinajstić information content (AvgIpc) is 2.40. The maximum atomic E-state index is 9.23. The molecule has 0 bridgehead atoms. The van der Waals surface area contributed by atoms with E-state index in [9.17, 15) is 5.11 Å². The van der Waals surface area contributed by atoms with E-state index in [1.807, 2.05) is 6.07 Å². The number of nitrogens with two attached hydrogens (primary N) is 1. The fourth-order valence-corrected chi connectivity index (χ4v) is 2.80. The van der Waals surface area contributed by atoms with Crippen molar-refractivity contribution < 1.29 is 5.11 Å². The predicted molar refractivity (Wildman–Crippen MR) is 74.2 cm³/mol. The first kappa shape index (κ1) is 13.5. The van der Waals surface area contributed by atoms with Crippen LogP contribution in [0.15, 0.2) is 30.3 Å². The van der Waals surface area contributed by atoms with Crippen molar-refractivity contribution in [3.8, 4) is 0 Å². The number of aliphatic hydroxyl groups excluding tert-OH is 1. The van der Waals surface area contributed by atoms with E-state index in [-0.39, 0.29) is 6.61 Å². The van der Waals surface area contributed by atoms with Gasteiger partial charge >= 0.3 is 0 Å². The standard InChI is InChI=1S/C15H24N2O/c16-14-6-8-15(9-7-14)17(10-11-18)12-13-4-2-1-3-5-13/h1-5,14-15,18H,6-12,16H2. The molecule has 3 N–H and O–H groups in total. The van der Waals surface area contributed by atoms with Crippen molar-refractivity contribution >= 4 is 0 Å². The van der Waals surface area contributed by atoms with Gasteiger partial charge in [-0.05, 0) is 31.2 Å². The molecule has 1 saturated carbocycles. The molecule has 0 amide bonds. The van der Waals surface area contributed by atoms with Crippen molar-refractivity contribution in [3.63, 3.8) is 0 Å². The molecule has 0 aromatic heterocycles. The van der Waals surface area contributed by atoms with E-state index in [1.165, 1.54) is 5.56 Å². The summed E-state index contributed by atoms with van der Waals surface area (Å²) in [5, 5.41) is 9.23. The Bertz CT molecular complexity index is 334. The molecule has 0 unspecified atom stereocenters. The van der Waals surface area contributed by atoms with Crippen LogP contribution in [0.5, 0.6) is 0 Å². The highest BCUT2D eigenvalue weighted by molar-refractivity contribution is 5.14. The summed E-state index contributed by atoms with van der Waals surface area (Å²) in [5.41, 5.74) is 7.28. The summed E-state index contributed by atoms with van der Waals surface area (Å²) in [6, 6.07) is 11.5. The predicted octanol–water partition coefficient (Wildman–Crippen LogP) is 1.75. The van der Waals surface area contributed by atoms with Gasteiger partial charge in [-0.1, -0.05) is 30.3 Å². The first-order valence-electron chi connectivity index (χ1n) is 6.94. The van der Waals surface area contributed by atoms with Crippen LogP contribution in [0, 0.1) is 0 Å². The molecule has 3 heteroatoms. The van der Waals surface area contributed by atoms with E-state index < -0.39 is 0 Å². The Labute approximate surface area is 110 Å². The first-order chi connectivity index (χ1) is 8.79. The van der Waals surface area contributed by atoms with Gasteiger partial charge in [0.05, 0.1) is 6.61 Å². The molecule has 0 spiro atoms. The number of rotatable bonds is 5. The van der Waals surface area contributed by atoms with Crippen molar-refractivity contribution in [2.75, 3.05) is 13.2 Å². The highest BCUT2D eigenvalue weighted by Gasteiger charge is 2.23. The van der Waals surface area contributed by atoms with Crippen molar-refractivity contribution in [1.82, 2.24) is 4.90 Å². The molecular weight excluding hydrogens is 224 g/mol. The highest BCUT2D eigenvalue weighted by Crippen LogP contribution is 2.23. The lowest BCUT2D eigenvalue weighted by atomic mass is 9.90. The van der Waals surface area contributed by atoms with Crippen LogP contribution < -0.4 is 5.73 Å². The molecule has 1 fully saturated rings. The fraction of sp³-hybridized carbons (Fsp3) is 0.600. The maximum Gasteiger partial charge on any atom is 0.0558 e. The number of aliphatic hydroxyl groups is 1. The first-order valence-corrected chi connectivity index (χ1v) is 6.94. The third-order valence-electron chi connectivity index (χ3n) is 3.87. The van der Waals surface area contributed by atoms with Gasteiger partial charge in [-0.3, -0.25) is 4.90 Å². The summed E-state index contributed by atoms with van der Waals surface area (Å²) in [6.45, 7) is 1.92. The highest BCUT2D eigenvalue weighted by atomic mass is 16.3. The van der Waals surface area contributed by atoms with Crippen molar-refractivity contribution in [1.29, 1.82) is 0 Å². The number of hydrogen-bond donors (Lipinski definition) is 2. The van der Waals surface area contributed by atoms with E-state index in [2.05, 4.69) is 29.2 Å². The lowest BCUT2D eigenvalue weighted by molar-refractivity contribution is 0.113. The molecule has 1 aromatic carbocycles. The van der Waals surface area contributed by atoms with Gasteiger partial charge in [-0.2, -0.15) is 0 Å². The van der Waals surface area contributed by atoms with Gasteiger partial charge in [-0.25, -0.2) is 0 Å². The molecule has 1 aliphatic carbocycles. The Kier molecular flexibility index (Phi) is 5.17. The van der Waals surface area contributed by atoms with E-state index in [1.54, 1.807) is 0 Å². The largest absolute Gasteiger partial charge is 0.395 e. The van der Waals surface area contributed by atoms with Gasteiger partial charge in [0.15, 0.2) is 0 Å². The van der Waals surface area contributed by atoms with Gasteiger partial charge in [0.1, 0.15) is 0 Å². The van der Waals surface area contributed by atoms with Crippen LogP contribution >= 0.6 is 0 Å². The average molecular weight is 248 g/mol. The third-order valence-corrected chi connectivity index (χ3v) is 3.87. The SMILES string of the molecule is NC1CCC(N(CCO)Cc2ccccc2)CC1. The van der Waals surface area contributed by atoms with Crippen LogP contribution in [0.1, 0.15) is 31.2 Å². The fourth-order valence-electron chi connectivity index (χ4n) is 2.80. The second kappa shape index (κ2) is 6.88. The molecule has 0 heterocycles. The van der Waals surface area contributed by atoms with E-state index >= 15 is 0 Å². The van der Waals surface area contributed by atoms with Gasteiger partial charge in [0.2, 0.25) is 0 Å². The van der Waals surface area contributed by atoms with Crippen LogP contribution in [-0.2, 0) is 6.54 Å². The van der Waals surface area contributed by atoms with Crippen LogP contribution in [0.25, 0.3) is 0 Å². The Hall–Kier alpha value is -0.900.